The van der Waals surface area contributed by atoms with Gasteiger partial charge in [0.05, 0.1) is 10.6 Å². The summed E-state index contributed by atoms with van der Waals surface area (Å²) in [4.78, 5) is 20.3. The summed E-state index contributed by atoms with van der Waals surface area (Å²) in [6, 6.07) is 4.69. The fraction of sp³-hybridized carbons (Fsp3) is 0.100. The number of alkyl halides is 3. The van der Waals surface area contributed by atoms with Crippen LogP contribution in [-0.2, 0) is 0 Å². The molecule has 112 valence electrons. The van der Waals surface area contributed by atoms with Gasteiger partial charge < -0.3 is 0 Å². The fourth-order valence-corrected chi connectivity index (χ4v) is 2.37. The third kappa shape index (κ3) is 3.34. The molecule has 21 heavy (non-hydrogen) atoms. The van der Waals surface area contributed by atoms with Crippen LogP contribution in [0.1, 0.15) is 0 Å². The van der Waals surface area contributed by atoms with E-state index < -0.39 is 22.9 Å². The number of hydrazine groups is 1. The fourth-order valence-electron chi connectivity index (χ4n) is 1.44. The zero-order valence-electron chi connectivity index (χ0n) is 9.95. The van der Waals surface area contributed by atoms with E-state index >= 15 is 0 Å². The van der Waals surface area contributed by atoms with Gasteiger partial charge in [0.2, 0.25) is 0 Å². The van der Waals surface area contributed by atoms with Crippen LogP contribution in [-0.4, -0.2) is 21.3 Å². The van der Waals surface area contributed by atoms with Gasteiger partial charge in [0.25, 0.3) is 5.95 Å². The zero-order valence-corrected chi connectivity index (χ0v) is 12.3. The molecule has 11 heteroatoms. The molecule has 6 nitrogen and oxygen atoms in total. The summed E-state index contributed by atoms with van der Waals surface area (Å²) in [5, 5.41) is -0.475. The predicted octanol–water partition coefficient (Wildman–Crippen LogP) is 2.45. The van der Waals surface area contributed by atoms with Gasteiger partial charge in [-0.3, -0.25) is 4.98 Å². The molecule has 1 aromatic heterocycles. The lowest BCUT2D eigenvalue weighted by atomic mass is 10.2. The summed E-state index contributed by atoms with van der Waals surface area (Å²) in [6.45, 7) is 0. The van der Waals surface area contributed by atoms with Crippen molar-refractivity contribution < 1.29 is 13.2 Å². The third-order valence-electron chi connectivity index (χ3n) is 2.33. The summed E-state index contributed by atoms with van der Waals surface area (Å²) < 4.78 is 38.0. The third-order valence-corrected chi connectivity index (χ3v) is 3.30. The minimum Gasteiger partial charge on any atom is -0.290 e. The monoisotopic (exact) mass is 383 g/mol. The standard InChI is InChI=1S/C10H6BrClF3N5O/c11-4-2-1-3-5(12)6(4)7-17-8(19-9(21)18-7)20(16)10(13,14)15/h1-3H,16H2,(H,17,18,19,21). The molecular formula is C10H6BrClF3N5O. The number of benzene rings is 1. The Morgan fingerprint density at radius 2 is 2.00 bits per heavy atom. The Kier molecular flexibility index (Phi) is 4.21. The lowest BCUT2D eigenvalue weighted by molar-refractivity contribution is -0.130. The van der Waals surface area contributed by atoms with E-state index in [-0.39, 0.29) is 16.4 Å². The largest absolute Gasteiger partial charge is 0.501 e. The molecule has 0 bridgehead atoms. The van der Waals surface area contributed by atoms with Gasteiger partial charge in [-0.1, -0.05) is 17.7 Å². The van der Waals surface area contributed by atoms with Crippen LogP contribution in [0.15, 0.2) is 27.5 Å². The maximum absolute atomic E-state index is 12.5. The molecule has 0 atom stereocenters. The van der Waals surface area contributed by atoms with E-state index in [2.05, 4.69) is 30.9 Å². The molecule has 2 aromatic rings. The summed E-state index contributed by atoms with van der Waals surface area (Å²) in [5.41, 5.74) is -0.822. The first-order valence-corrected chi connectivity index (χ1v) is 6.41. The van der Waals surface area contributed by atoms with Crippen LogP contribution in [0.4, 0.5) is 19.1 Å². The first-order chi connectivity index (χ1) is 9.70. The number of aromatic nitrogens is 3. The van der Waals surface area contributed by atoms with Gasteiger partial charge in [0.15, 0.2) is 0 Å². The summed E-state index contributed by atoms with van der Waals surface area (Å²) in [5.74, 6) is 3.66. The summed E-state index contributed by atoms with van der Waals surface area (Å²) >= 11 is 9.13. The molecule has 1 aromatic carbocycles. The number of rotatable bonds is 2. The van der Waals surface area contributed by atoms with E-state index in [1.165, 1.54) is 6.07 Å². The minimum atomic E-state index is -4.93. The highest BCUT2D eigenvalue weighted by molar-refractivity contribution is 9.10. The molecule has 0 unspecified atom stereocenters. The lowest BCUT2D eigenvalue weighted by Crippen LogP contribution is -2.46. The second-order valence-corrected chi connectivity index (χ2v) is 5.00. The molecule has 2 rings (SSSR count). The van der Waals surface area contributed by atoms with Gasteiger partial charge >= 0.3 is 12.0 Å². The van der Waals surface area contributed by atoms with E-state index in [1.54, 1.807) is 12.1 Å². The maximum atomic E-state index is 12.5. The quantitative estimate of drug-likeness (QED) is 0.472. The van der Waals surface area contributed by atoms with Crippen molar-refractivity contribution in [1.82, 2.24) is 15.0 Å². The van der Waals surface area contributed by atoms with E-state index in [9.17, 15) is 18.0 Å². The summed E-state index contributed by atoms with van der Waals surface area (Å²) in [7, 11) is 0. The van der Waals surface area contributed by atoms with Crippen molar-refractivity contribution in [2.24, 2.45) is 5.84 Å². The zero-order chi connectivity index (χ0) is 15.8. The van der Waals surface area contributed by atoms with Crippen molar-refractivity contribution in [2.45, 2.75) is 6.30 Å². The van der Waals surface area contributed by atoms with Crippen molar-refractivity contribution in [3.8, 4) is 11.4 Å². The van der Waals surface area contributed by atoms with Gasteiger partial charge in [0, 0.05) is 4.47 Å². The minimum absolute atomic E-state index is 0.181. The Morgan fingerprint density at radius 3 is 2.57 bits per heavy atom. The second kappa shape index (κ2) is 5.62. The molecule has 0 fully saturated rings. The van der Waals surface area contributed by atoms with E-state index in [4.69, 9.17) is 17.4 Å². The van der Waals surface area contributed by atoms with Crippen LogP contribution < -0.4 is 16.5 Å². The molecule has 0 aliphatic carbocycles. The Hall–Kier alpha value is -1.65. The number of nitrogens with zero attached hydrogens (tertiary/aromatic N) is 3. The van der Waals surface area contributed by atoms with Crippen LogP contribution in [0, 0.1) is 0 Å². The Morgan fingerprint density at radius 1 is 1.33 bits per heavy atom. The first kappa shape index (κ1) is 15.7. The molecule has 0 spiro atoms. The number of nitrogens with one attached hydrogen (secondary N) is 1. The Balaban J connectivity index is 2.62. The molecule has 0 saturated carbocycles. The molecular weight excluding hydrogens is 378 g/mol. The van der Waals surface area contributed by atoms with Crippen molar-refractivity contribution in [3.05, 3.63) is 38.2 Å². The van der Waals surface area contributed by atoms with Crippen LogP contribution in [0.25, 0.3) is 11.4 Å². The average Bonchev–Trinajstić information content (AvgIpc) is 2.36. The maximum Gasteiger partial charge on any atom is 0.501 e. The number of H-pyrrole nitrogens is 1. The van der Waals surface area contributed by atoms with E-state index in [0.717, 1.165) is 0 Å². The average molecular weight is 385 g/mol. The lowest BCUT2D eigenvalue weighted by Gasteiger charge is -2.19. The van der Waals surface area contributed by atoms with Gasteiger partial charge in [-0.2, -0.15) is 15.0 Å². The topological polar surface area (TPSA) is 87.9 Å². The van der Waals surface area contributed by atoms with E-state index in [1.807, 2.05) is 0 Å². The number of aromatic amines is 1. The smallest absolute Gasteiger partial charge is 0.290 e. The number of hydrogen-bond donors (Lipinski definition) is 2. The van der Waals surface area contributed by atoms with Crippen molar-refractivity contribution >= 4 is 33.5 Å². The Labute approximate surface area is 128 Å². The van der Waals surface area contributed by atoms with Crippen LogP contribution in [0.3, 0.4) is 0 Å². The predicted molar refractivity (Wildman–Crippen MR) is 73.5 cm³/mol. The Bertz CT molecular complexity index is 715. The van der Waals surface area contributed by atoms with E-state index in [0.29, 0.717) is 4.47 Å². The molecule has 0 radical (unpaired) electrons. The number of hydrogen-bond acceptors (Lipinski definition) is 5. The highest BCUT2D eigenvalue weighted by atomic mass is 79.9. The van der Waals surface area contributed by atoms with Gasteiger partial charge in [-0.05, 0) is 28.1 Å². The van der Waals surface area contributed by atoms with Gasteiger partial charge in [-0.15, -0.1) is 13.2 Å². The molecule has 0 amide bonds. The van der Waals surface area contributed by atoms with Crippen molar-refractivity contribution in [1.29, 1.82) is 0 Å². The highest BCUT2D eigenvalue weighted by Crippen LogP contribution is 2.33. The first-order valence-electron chi connectivity index (χ1n) is 5.24. The molecule has 0 saturated heterocycles. The number of anilines is 1. The SMILES string of the molecule is NN(c1nc(-c2c(Cl)cccc2Br)[nH]c(=O)n1)C(F)(F)F. The van der Waals surface area contributed by atoms with Crippen molar-refractivity contribution in [3.63, 3.8) is 0 Å². The van der Waals surface area contributed by atoms with Crippen LogP contribution in [0.2, 0.25) is 5.02 Å². The highest BCUT2D eigenvalue weighted by Gasteiger charge is 2.38. The van der Waals surface area contributed by atoms with Gasteiger partial charge in [-0.25, -0.2) is 10.6 Å². The normalized spacial score (nSPS) is 11.5. The molecule has 0 aliphatic rings. The van der Waals surface area contributed by atoms with Crippen molar-refractivity contribution in [2.75, 3.05) is 5.01 Å². The molecule has 3 N–H and O–H groups in total. The summed E-state index contributed by atoms with van der Waals surface area (Å²) in [6.07, 6.45) is -4.93. The van der Waals surface area contributed by atoms with Crippen LogP contribution >= 0.6 is 27.5 Å². The molecule has 0 aliphatic heterocycles. The molecule has 1 heterocycles. The number of halogens is 5. The number of nitrogens with two attached hydrogens (primary N) is 1. The second-order valence-electron chi connectivity index (χ2n) is 3.74. The van der Waals surface area contributed by atoms with Crippen LogP contribution in [0.5, 0.6) is 0 Å². The van der Waals surface area contributed by atoms with Gasteiger partial charge in [0.1, 0.15) is 5.82 Å².